The van der Waals surface area contributed by atoms with Gasteiger partial charge in [0, 0.05) is 37.9 Å². The van der Waals surface area contributed by atoms with Gasteiger partial charge >= 0.3 is 0 Å². The lowest BCUT2D eigenvalue weighted by Gasteiger charge is -2.40. The fraction of sp³-hybridized carbons (Fsp3) is 0.481. The Morgan fingerprint density at radius 3 is 2.32 bits per heavy atom. The molecule has 1 aliphatic rings. The van der Waals surface area contributed by atoms with E-state index in [4.69, 9.17) is 0 Å². The lowest BCUT2D eigenvalue weighted by molar-refractivity contribution is -0.122. The van der Waals surface area contributed by atoms with Crippen LogP contribution in [-0.2, 0) is 21.5 Å². The van der Waals surface area contributed by atoms with Crippen molar-refractivity contribution in [3.05, 3.63) is 70.8 Å². The molecular formula is C27H34F2N2O3. The Morgan fingerprint density at radius 2 is 1.74 bits per heavy atom. The van der Waals surface area contributed by atoms with E-state index in [0.717, 1.165) is 11.6 Å². The number of carbonyl (C=O) groups excluding carboxylic acids is 2. The molecule has 2 aromatic rings. The molecule has 2 aromatic carbocycles. The molecular weight excluding hydrogens is 438 g/mol. The van der Waals surface area contributed by atoms with E-state index >= 15 is 0 Å². The minimum Gasteiger partial charge on any atom is -0.390 e. The summed E-state index contributed by atoms with van der Waals surface area (Å²) in [6, 6.07) is 10.7. The second-order valence-corrected chi connectivity index (χ2v) is 9.64. The summed E-state index contributed by atoms with van der Waals surface area (Å²) >= 11 is 0. The van der Waals surface area contributed by atoms with Crippen LogP contribution in [0.4, 0.5) is 8.78 Å². The Balaban J connectivity index is 1.81. The first-order chi connectivity index (χ1) is 16.1. The van der Waals surface area contributed by atoms with Gasteiger partial charge < -0.3 is 15.7 Å². The van der Waals surface area contributed by atoms with Gasteiger partial charge in [-0.1, -0.05) is 38.1 Å². The normalized spacial score (nSPS) is 17.4. The van der Waals surface area contributed by atoms with Crippen molar-refractivity contribution in [3.63, 3.8) is 0 Å². The first-order valence-electron chi connectivity index (χ1n) is 11.9. The van der Waals surface area contributed by atoms with E-state index in [0.29, 0.717) is 37.2 Å². The maximum Gasteiger partial charge on any atom is 0.217 e. The Morgan fingerprint density at radius 1 is 1.09 bits per heavy atom. The van der Waals surface area contributed by atoms with E-state index in [9.17, 15) is 23.5 Å². The van der Waals surface area contributed by atoms with Crippen LogP contribution in [0.5, 0.6) is 0 Å². The maximum absolute atomic E-state index is 13.7. The highest BCUT2D eigenvalue weighted by Crippen LogP contribution is 2.37. The van der Waals surface area contributed by atoms with Crippen molar-refractivity contribution in [2.75, 3.05) is 6.54 Å². The van der Waals surface area contributed by atoms with Crippen molar-refractivity contribution in [2.24, 2.45) is 0 Å². The molecule has 7 heteroatoms. The number of rotatable bonds is 9. The van der Waals surface area contributed by atoms with Crippen molar-refractivity contribution in [1.29, 1.82) is 0 Å². The summed E-state index contributed by atoms with van der Waals surface area (Å²) < 4.78 is 27.3. The summed E-state index contributed by atoms with van der Waals surface area (Å²) in [5.74, 6) is -1.19. The number of ketones is 1. The van der Waals surface area contributed by atoms with Crippen molar-refractivity contribution in [3.8, 4) is 0 Å². The molecule has 2 atom stereocenters. The van der Waals surface area contributed by atoms with Crippen molar-refractivity contribution in [1.82, 2.24) is 10.6 Å². The smallest absolute Gasteiger partial charge is 0.217 e. The highest BCUT2D eigenvalue weighted by atomic mass is 19.1. The second kappa shape index (κ2) is 11.2. The van der Waals surface area contributed by atoms with Gasteiger partial charge in [0.25, 0.3) is 0 Å². The molecule has 0 bridgehead atoms. The number of nitrogens with one attached hydrogen (secondary N) is 2. The van der Waals surface area contributed by atoms with Gasteiger partial charge in [0.2, 0.25) is 5.91 Å². The second-order valence-electron chi connectivity index (χ2n) is 9.64. The molecule has 0 radical (unpaired) electrons. The Kier molecular flexibility index (Phi) is 8.55. The zero-order valence-electron chi connectivity index (χ0n) is 20.0. The van der Waals surface area contributed by atoms with Crippen molar-refractivity contribution < 1.29 is 23.5 Å². The van der Waals surface area contributed by atoms with Crippen molar-refractivity contribution >= 4 is 11.7 Å². The van der Waals surface area contributed by atoms with Crippen molar-refractivity contribution in [2.45, 2.75) is 76.5 Å². The molecule has 5 nitrogen and oxygen atoms in total. The summed E-state index contributed by atoms with van der Waals surface area (Å²) in [4.78, 5) is 23.8. The highest BCUT2D eigenvalue weighted by molar-refractivity contribution is 5.79. The number of amides is 1. The average molecular weight is 473 g/mol. The number of hydrogen-bond acceptors (Lipinski definition) is 4. The molecule has 3 N–H and O–H groups in total. The summed E-state index contributed by atoms with van der Waals surface area (Å²) in [5.41, 5.74) is 2.13. The maximum atomic E-state index is 13.7. The highest BCUT2D eigenvalue weighted by Gasteiger charge is 2.37. The molecule has 0 aliphatic heterocycles. The predicted molar refractivity (Wildman–Crippen MR) is 127 cm³/mol. The van der Waals surface area contributed by atoms with Crippen LogP contribution in [0.15, 0.2) is 42.5 Å². The topological polar surface area (TPSA) is 78.4 Å². The van der Waals surface area contributed by atoms with E-state index < -0.39 is 29.3 Å². The molecule has 0 aromatic heterocycles. The van der Waals surface area contributed by atoms with E-state index in [-0.39, 0.29) is 24.7 Å². The quantitative estimate of drug-likeness (QED) is 0.513. The summed E-state index contributed by atoms with van der Waals surface area (Å²) in [5, 5.41) is 17.2. The number of carbonyl (C=O) groups is 2. The molecule has 1 amide bonds. The van der Waals surface area contributed by atoms with Crippen LogP contribution >= 0.6 is 0 Å². The summed E-state index contributed by atoms with van der Waals surface area (Å²) in [6.45, 7) is 5.73. The summed E-state index contributed by atoms with van der Waals surface area (Å²) in [7, 11) is 0. The van der Waals surface area contributed by atoms with Crippen LogP contribution in [0.3, 0.4) is 0 Å². The third-order valence-corrected chi connectivity index (χ3v) is 6.65. The monoisotopic (exact) mass is 472 g/mol. The lowest BCUT2D eigenvalue weighted by atomic mass is 9.75. The molecule has 0 unspecified atom stereocenters. The van der Waals surface area contributed by atoms with E-state index in [2.05, 4.69) is 36.6 Å². The predicted octanol–water partition coefficient (Wildman–Crippen LogP) is 4.12. The van der Waals surface area contributed by atoms with Crippen LogP contribution in [0.2, 0.25) is 0 Å². The number of aliphatic hydroxyl groups excluding tert-OH is 1. The van der Waals surface area contributed by atoms with Gasteiger partial charge in [-0.2, -0.15) is 0 Å². The number of Topliss-reactive ketones (excluding diaryl/α,β-unsaturated/α-hetero) is 1. The largest absolute Gasteiger partial charge is 0.390 e. The Bertz CT molecular complexity index is 994. The van der Waals surface area contributed by atoms with E-state index in [1.807, 2.05) is 12.1 Å². The molecule has 3 rings (SSSR count). The van der Waals surface area contributed by atoms with Gasteiger partial charge in [-0.3, -0.25) is 9.59 Å². The molecule has 1 aliphatic carbocycles. The number of benzene rings is 2. The molecule has 1 fully saturated rings. The third kappa shape index (κ3) is 6.70. The van der Waals surface area contributed by atoms with Crippen LogP contribution in [0, 0.1) is 11.6 Å². The standard InChI is InChI=1S/C27H34F2N2O3/c1-17(2)20-5-4-6-21(14-20)27(9-7-24(33)8-10-27)30-16-26(34)25(31-18(3)32)13-19-11-22(28)15-23(29)12-19/h4-6,11-12,14-15,17,25-26,30,34H,7-10,13,16H2,1-3H3,(H,31,32)/t25-,26-/m0/s1. The average Bonchev–Trinajstić information content (AvgIpc) is 2.77. The third-order valence-electron chi connectivity index (χ3n) is 6.65. The fourth-order valence-corrected chi connectivity index (χ4v) is 4.69. The lowest BCUT2D eigenvalue weighted by Crippen LogP contribution is -2.53. The zero-order chi connectivity index (χ0) is 24.9. The van der Waals surface area contributed by atoms with Crippen LogP contribution in [0.25, 0.3) is 0 Å². The molecule has 184 valence electrons. The number of aliphatic hydroxyl groups is 1. The molecule has 0 heterocycles. The van der Waals surface area contributed by atoms with Gasteiger partial charge in [-0.05, 0) is 54.0 Å². The molecule has 34 heavy (non-hydrogen) atoms. The minimum atomic E-state index is -1.02. The van der Waals surface area contributed by atoms with E-state index in [1.54, 1.807) is 0 Å². The summed E-state index contributed by atoms with van der Waals surface area (Å²) in [6.07, 6.45) is 1.18. The minimum absolute atomic E-state index is 0.0748. The first kappa shape index (κ1) is 26.0. The van der Waals surface area contributed by atoms with Crippen LogP contribution in [0.1, 0.15) is 69.1 Å². The van der Waals surface area contributed by atoms with Gasteiger partial charge in [0.15, 0.2) is 0 Å². The molecule has 1 saturated carbocycles. The zero-order valence-corrected chi connectivity index (χ0v) is 20.0. The fourth-order valence-electron chi connectivity index (χ4n) is 4.69. The molecule has 0 spiro atoms. The van der Waals surface area contributed by atoms with Crippen LogP contribution < -0.4 is 10.6 Å². The van der Waals surface area contributed by atoms with Gasteiger partial charge in [-0.15, -0.1) is 0 Å². The van der Waals surface area contributed by atoms with Crippen LogP contribution in [-0.4, -0.2) is 35.5 Å². The van der Waals surface area contributed by atoms with E-state index in [1.165, 1.54) is 24.6 Å². The van der Waals surface area contributed by atoms with Gasteiger partial charge in [0.05, 0.1) is 12.1 Å². The molecule has 0 saturated heterocycles. The number of halogens is 2. The Labute approximate surface area is 200 Å². The number of hydrogen-bond donors (Lipinski definition) is 3. The Hall–Kier alpha value is -2.64. The van der Waals surface area contributed by atoms with Gasteiger partial charge in [-0.25, -0.2) is 8.78 Å². The first-order valence-corrected chi connectivity index (χ1v) is 11.9. The van der Waals surface area contributed by atoms with Gasteiger partial charge in [0.1, 0.15) is 17.4 Å². The SMILES string of the molecule is CC(=O)N[C@@H](Cc1cc(F)cc(F)c1)[C@@H](O)CNC1(c2cccc(C(C)C)c2)CCC(=O)CC1.